The molecule has 1 rings (SSSR count). The molecule has 0 aliphatic carbocycles. The smallest absolute Gasteiger partial charge is 0.426 e. The van der Waals surface area contributed by atoms with Crippen molar-refractivity contribution in [3.8, 4) is 0 Å². The molecule has 0 bridgehead atoms. The lowest BCUT2D eigenvalue weighted by molar-refractivity contribution is -0.425. The molecular weight excluding hydrogens is 240 g/mol. The Morgan fingerprint density at radius 2 is 1.29 bits per heavy atom. The van der Waals surface area contributed by atoms with Gasteiger partial charge in [0, 0.05) is 0 Å². The molecular formula is C11H18F4O2. The summed E-state index contributed by atoms with van der Waals surface area (Å²) >= 11 is 0. The van der Waals surface area contributed by atoms with Gasteiger partial charge in [0.15, 0.2) is 5.76 Å². The minimum absolute atomic E-state index is 0.425. The van der Waals surface area contributed by atoms with Crippen molar-refractivity contribution < 1.29 is 27.0 Å². The van der Waals surface area contributed by atoms with Crippen LogP contribution in [-0.4, -0.2) is 12.2 Å². The zero-order chi connectivity index (χ0) is 14.3. The first-order valence-electron chi connectivity index (χ1n) is 5.27. The second kappa shape index (κ2) is 7.19. The molecule has 17 heavy (non-hydrogen) atoms. The van der Waals surface area contributed by atoms with Gasteiger partial charge in [-0.3, -0.25) is 0 Å². The van der Waals surface area contributed by atoms with Crippen LogP contribution in [0.4, 0.5) is 17.6 Å². The second-order valence-corrected chi connectivity index (χ2v) is 2.36. The van der Waals surface area contributed by atoms with Crippen molar-refractivity contribution in [2.45, 2.75) is 46.8 Å². The molecule has 0 saturated carbocycles. The zero-order valence-corrected chi connectivity index (χ0v) is 10.6. The quantitative estimate of drug-likeness (QED) is 0.635. The van der Waals surface area contributed by atoms with E-state index in [1.54, 1.807) is 0 Å². The highest BCUT2D eigenvalue weighted by Crippen LogP contribution is 2.43. The average Bonchev–Trinajstić information content (AvgIpc) is 2.29. The van der Waals surface area contributed by atoms with E-state index >= 15 is 0 Å². The third-order valence-electron chi connectivity index (χ3n) is 1.39. The van der Waals surface area contributed by atoms with Crippen molar-refractivity contribution in [1.82, 2.24) is 0 Å². The van der Waals surface area contributed by atoms with Gasteiger partial charge in [-0.25, -0.2) is 0 Å². The van der Waals surface area contributed by atoms with Crippen molar-refractivity contribution in [3.05, 3.63) is 24.2 Å². The topological polar surface area (TPSA) is 18.5 Å². The molecule has 0 unspecified atom stereocenters. The maximum Gasteiger partial charge on any atom is 0.507 e. The fourth-order valence-corrected chi connectivity index (χ4v) is 0.757. The molecule has 0 fully saturated rings. The van der Waals surface area contributed by atoms with Crippen LogP contribution in [-0.2, 0) is 9.47 Å². The van der Waals surface area contributed by atoms with Crippen LogP contribution < -0.4 is 0 Å². The lowest BCUT2D eigenvalue weighted by Crippen LogP contribution is -2.47. The van der Waals surface area contributed by atoms with E-state index in [9.17, 15) is 17.6 Å². The summed E-state index contributed by atoms with van der Waals surface area (Å²) in [6.07, 6.45) is -8.42. The lowest BCUT2D eigenvalue weighted by Gasteiger charge is -2.31. The SMILES string of the molecule is C=CC1=C(C)OC(F)(F)C(F)(F)O1.CC.CC. The minimum atomic E-state index is -4.66. The Morgan fingerprint density at radius 1 is 0.941 bits per heavy atom. The molecule has 0 saturated heterocycles. The van der Waals surface area contributed by atoms with Crippen LogP contribution in [0.25, 0.3) is 0 Å². The molecule has 102 valence electrons. The first-order valence-corrected chi connectivity index (χ1v) is 5.27. The summed E-state index contributed by atoms with van der Waals surface area (Å²) in [7, 11) is 0. The van der Waals surface area contributed by atoms with Crippen LogP contribution in [0.2, 0.25) is 0 Å². The summed E-state index contributed by atoms with van der Waals surface area (Å²) in [6, 6.07) is 0. The van der Waals surface area contributed by atoms with E-state index in [1.165, 1.54) is 0 Å². The maximum absolute atomic E-state index is 12.4. The molecule has 0 aromatic rings. The van der Waals surface area contributed by atoms with E-state index in [0.29, 0.717) is 0 Å². The van der Waals surface area contributed by atoms with E-state index in [-0.39, 0.29) is 0 Å². The van der Waals surface area contributed by atoms with Crippen LogP contribution >= 0.6 is 0 Å². The number of rotatable bonds is 1. The molecule has 0 aromatic heterocycles. The minimum Gasteiger partial charge on any atom is -0.426 e. The van der Waals surface area contributed by atoms with Gasteiger partial charge in [0.25, 0.3) is 0 Å². The number of halogens is 4. The Balaban J connectivity index is 0. The molecule has 0 atom stereocenters. The lowest BCUT2D eigenvalue weighted by atomic mass is 10.3. The largest absolute Gasteiger partial charge is 0.507 e. The molecule has 1 aliphatic rings. The normalized spacial score (nSPS) is 19.6. The Morgan fingerprint density at radius 3 is 1.65 bits per heavy atom. The summed E-state index contributed by atoms with van der Waals surface area (Å²) in [6.45, 7) is 12.2. The van der Waals surface area contributed by atoms with Gasteiger partial charge < -0.3 is 9.47 Å². The van der Waals surface area contributed by atoms with Crippen molar-refractivity contribution in [1.29, 1.82) is 0 Å². The summed E-state index contributed by atoms with van der Waals surface area (Å²) in [5.74, 6) is -0.915. The van der Waals surface area contributed by atoms with Gasteiger partial charge in [0.2, 0.25) is 0 Å². The zero-order valence-electron chi connectivity index (χ0n) is 10.6. The second-order valence-electron chi connectivity index (χ2n) is 2.36. The third kappa shape index (κ3) is 4.28. The Bertz CT molecular complexity index is 273. The molecule has 2 nitrogen and oxygen atoms in total. The van der Waals surface area contributed by atoms with Gasteiger partial charge in [-0.1, -0.05) is 34.3 Å². The molecule has 6 heteroatoms. The van der Waals surface area contributed by atoms with Crippen molar-refractivity contribution in [2.24, 2.45) is 0 Å². The molecule has 0 radical (unpaired) electrons. The Hall–Kier alpha value is -1.20. The monoisotopic (exact) mass is 258 g/mol. The van der Waals surface area contributed by atoms with E-state index < -0.39 is 23.7 Å². The fourth-order valence-electron chi connectivity index (χ4n) is 0.757. The van der Waals surface area contributed by atoms with Gasteiger partial charge in [-0.15, -0.1) is 0 Å². The molecule has 1 heterocycles. The van der Waals surface area contributed by atoms with Crippen molar-refractivity contribution in [3.63, 3.8) is 0 Å². The van der Waals surface area contributed by atoms with Gasteiger partial charge in [0.05, 0.1) is 0 Å². The summed E-state index contributed by atoms with van der Waals surface area (Å²) in [4.78, 5) is 0. The number of ether oxygens (including phenoxy) is 2. The van der Waals surface area contributed by atoms with Crippen LogP contribution in [0.15, 0.2) is 24.2 Å². The van der Waals surface area contributed by atoms with Gasteiger partial charge in [-0.05, 0) is 13.0 Å². The average molecular weight is 258 g/mol. The van der Waals surface area contributed by atoms with Gasteiger partial charge in [0.1, 0.15) is 5.76 Å². The first kappa shape index (κ1) is 18.2. The first-order chi connectivity index (χ1) is 7.80. The Labute approximate surface area is 98.9 Å². The number of hydrogen-bond donors (Lipinski definition) is 0. The van der Waals surface area contributed by atoms with Gasteiger partial charge in [-0.2, -0.15) is 17.6 Å². The number of hydrogen-bond acceptors (Lipinski definition) is 2. The third-order valence-corrected chi connectivity index (χ3v) is 1.39. The molecule has 0 spiro atoms. The fraction of sp³-hybridized carbons (Fsp3) is 0.636. The van der Waals surface area contributed by atoms with Crippen LogP contribution in [0, 0.1) is 0 Å². The Kier molecular flexibility index (Phi) is 7.69. The van der Waals surface area contributed by atoms with E-state index in [2.05, 4.69) is 16.1 Å². The van der Waals surface area contributed by atoms with E-state index in [4.69, 9.17) is 0 Å². The van der Waals surface area contributed by atoms with Crippen LogP contribution in [0.3, 0.4) is 0 Å². The molecule has 0 aromatic carbocycles. The highest BCUT2D eigenvalue weighted by molar-refractivity contribution is 5.15. The number of allylic oxidation sites excluding steroid dienone is 2. The summed E-state index contributed by atoms with van der Waals surface area (Å²) in [5.41, 5.74) is 0. The summed E-state index contributed by atoms with van der Waals surface area (Å²) < 4.78 is 57.0. The highest BCUT2D eigenvalue weighted by Gasteiger charge is 2.65. The standard InChI is InChI=1S/C7H6F4O2.2C2H6/c1-3-5-4(2)12-6(8,9)7(10,11)13-5;2*1-2/h3H,1H2,2H3;2*1-2H3. The predicted octanol–water partition coefficient (Wildman–Crippen LogP) is 4.69. The summed E-state index contributed by atoms with van der Waals surface area (Å²) in [5, 5.41) is 0. The number of alkyl halides is 4. The molecule has 0 N–H and O–H groups in total. The molecule has 0 amide bonds. The van der Waals surface area contributed by atoms with E-state index in [1.807, 2.05) is 27.7 Å². The van der Waals surface area contributed by atoms with E-state index in [0.717, 1.165) is 13.0 Å². The van der Waals surface area contributed by atoms with Crippen molar-refractivity contribution in [2.75, 3.05) is 0 Å². The molecule has 1 aliphatic heterocycles. The maximum atomic E-state index is 12.4. The highest BCUT2D eigenvalue weighted by atomic mass is 19.3. The van der Waals surface area contributed by atoms with Gasteiger partial charge >= 0.3 is 12.2 Å². The van der Waals surface area contributed by atoms with Crippen LogP contribution in [0.1, 0.15) is 34.6 Å². The van der Waals surface area contributed by atoms with Crippen LogP contribution in [0.5, 0.6) is 0 Å². The predicted molar refractivity (Wildman–Crippen MR) is 57.7 cm³/mol. The van der Waals surface area contributed by atoms with Crippen molar-refractivity contribution >= 4 is 0 Å².